The van der Waals surface area contributed by atoms with E-state index in [0.29, 0.717) is 5.01 Å². The van der Waals surface area contributed by atoms with Crippen LogP contribution < -0.4 is 5.32 Å². The van der Waals surface area contributed by atoms with Crippen LogP contribution in [0.15, 0.2) is 29.6 Å². The minimum absolute atomic E-state index is 0.0754. The minimum Gasteiger partial charge on any atom is -0.481 e. The number of halogens is 3. The Morgan fingerprint density at radius 1 is 1.36 bits per heavy atom. The molecule has 2 rings (SSSR count). The summed E-state index contributed by atoms with van der Waals surface area (Å²) in [7, 11) is 0. The van der Waals surface area contributed by atoms with Crippen molar-refractivity contribution in [2.75, 3.05) is 0 Å². The second-order valence-corrected chi connectivity index (χ2v) is 6.28. The van der Waals surface area contributed by atoms with Crippen molar-refractivity contribution >= 4 is 23.2 Å². The Kier molecular flexibility index (Phi) is 5.78. The number of thiazole rings is 1. The SMILES string of the molecule is CC(CCC(=O)O)NC(=O)c1csc(-c2cccc(C(F)(F)F)c2)n1. The van der Waals surface area contributed by atoms with Gasteiger partial charge in [-0.15, -0.1) is 11.3 Å². The van der Waals surface area contributed by atoms with Gasteiger partial charge in [0.15, 0.2) is 0 Å². The number of aromatic nitrogens is 1. The molecule has 0 spiro atoms. The molecule has 1 unspecified atom stereocenters. The van der Waals surface area contributed by atoms with Gasteiger partial charge in [0.25, 0.3) is 5.91 Å². The number of rotatable bonds is 6. The Balaban J connectivity index is 2.09. The summed E-state index contributed by atoms with van der Waals surface area (Å²) in [6, 6.07) is 4.37. The molecule has 2 aromatic rings. The standard InChI is InChI=1S/C16H15F3N2O3S/c1-9(5-6-13(22)23)20-14(24)12-8-25-15(21-12)10-3-2-4-11(7-10)16(17,18)19/h2-4,7-9H,5-6H2,1H3,(H,20,24)(H,22,23). The fourth-order valence-electron chi connectivity index (χ4n) is 2.05. The van der Waals surface area contributed by atoms with E-state index in [0.717, 1.165) is 23.5 Å². The van der Waals surface area contributed by atoms with Crippen LogP contribution >= 0.6 is 11.3 Å². The molecule has 0 aliphatic rings. The van der Waals surface area contributed by atoms with Gasteiger partial charge in [0.2, 0.25) is 0 Å². The number of nitrogens with zero attached hydrogens (tertiary/aromatic N) is 1. The quantitative estimate of drug-likeness (QED) is 0.808. The van der Waals surface area contributed by atoms with Gasteiger partial charge in [0.1, 0.15) is 10.7 Å². The van der Waals surface area contributed by atoms with E-state index in [2.05, 4.69) is 10.3 Å². The second kappa shape index (κ2) is 7.64. The number of carbonyl (C=O) groups is 2. The normalized spacial score (nSPS) is 12.6. The maximum atomic E-state index is 12.8. The molecule has 0 aliphatic heterocycles. The number of benzene rings is 1. The molecule has 1 aromatic heterocycles. The number of hydrogen-bond acceptors (Lipinski definition) is 4. The van der Waals surface area contributed by atoms with Crippen LogP contribution in [-0.2, 0) is 11.0 Å². The highest BCUT2D eigenvalue weighted by Gasteiger charge is 2.30. The van der Waals surface area contributed by atoms with Crippen molar-refractivity contribution < 1.29 is 27.9 Å². The maximum Gasteiger partial charge on any atom is 0.416 e. The number of amides is 1. The molecule has 0 radical (unpaired) electrons. The summed E-state index contributed by atoms with van der Waals surface area (Å²) in [5.74, 6) is -1.45. The summed E-state index contributed by atoms with van der Waals surface area (Å²) in [5, 5.41) is 13.0. The molecule has 5 nitrogen and oxygen atoms in total. The number of carbonyl (C=O) groups excluding carboxylic acids is 1. The van der Waals surface area contributed by atoms with Crippen molar-refractivity contribution in [3.05, 3.63) is 40.9 Å². The first-order valence-electron chi connectivity index (χ1n) is 7.32. The molecule has 0 bridgehead atoms. The van der Waals surface area contributed by atoms with Crippen LogP contribution in [0.1, 0.15) is 35.8 Å². The first kappa shape index (κ1) is 18.9. The van der Waals surface area contributed by atoms with E-state index in [9.17, 15) is 22.8 Å². The average molecular weight is 372 g/mol. The van der Waals surface area contributed by atoms with Crippen molar-refractivity contribution in [3.63, 3.8) is 0 Å². The maximum absolute atomic E-state index is 12.8. The number of alkyl halides is 3. The molecule has 0 fully saturated rings. The zero-order valence-corrected chi connectivity index (χ0v) is 13.9. The molecule has 1 amide bonds. The molecule has 1 atom stereocenters. The van der Waals surface area contributed by atoms with E-state index in [4.69, 9.17) is 5.11 Å². The first-order chi connectivity index (χ1) is 11.7. The number of hydrogen-bond donors (Lipinski definition) is 2. The van der Waals surface area contributed by atoms with Crippen molar-refractivity contribution in [1.29, 1.82) is 0 Å². The zero-order valence-electron chi connectivity index (χ0n) is 13.1. The largest absolute Gasteiger partial charge is 0.481 e. The lowest BCUT2D eigenvalue weighted by atomic mass is 10.1. The Morgan fingerprint density at radius 3 is 2.72 bits per heavy atom. The molecule has 1 aromatic carbocycles. The summed E-state index contributed by atoms with van der Waals surface area (Å²) < 4.78 is 38.3. The fraction of sp³-hybridized carbons (Fsp3) is 0.312. The van der Waals surface area contributed by atoms with Gasteiger partial charge in [-0.25, -0.2) is 4.98 Å². The second-order valence-electron chi connectivity index (χ2n) is 5.42. The first-order valence-corrected chi connectivity index (χ1v) is 8.20. The van der Waals surface area contributed by atoms with Gasteiger partial charge in [0.05, 0.1) is 5.56 Å². The van der Waals surface area contributed by atoms with E-state index < -0.39 is 23.6 Å². The molecule has 1 heterocycles. The van der Waals surface area contributed by atoms with Crippen molar-refractivity contribution in [2.45, 2.75) is 32.0 Å². The summed E-state index contributed by atoms with van der Waals surface area (Å²) in [6.45, 7) is 1.67. The molecule has 134 valence electrons. The topological polar surface area (TPSA) is 79.3 Å². The Morgan fingerprint density at radius 2 is 2.08 bits per heavy atom. The number of aliphatic carboxylic acids is 1. The smallest absolute Gasteiger partial charge is 0.416 e. The van der Waals surface area contributed by atoms with Crippen molar-refractivity contribution in [2.24, 2.45) is 0 Å². The Hall–Kier alpha value is -2.42. The minimum atomic E-state index is -4.45. The van der Waals surface area contributed by atoms with Crippen LogP contribution in [0.4, 0.5) is 13.2 Å². The highest BCUT2D eigenvalue weighted by Crippen LogP contribution is 2.33. The van der Waals surface area contributed by atoms with Gasteiger partial charge in [-0.2, -0.15) is 13.2 Å². The summed E-state index contributed by atoms with van der Waals surface area (Å²) in [4.78, 5) is 26.7. The van der Waals surface area contributed by atoms with Crippen molar-refractivity contribution in [1.82, 2.24) is 10.3 Å². The predicted molar refractivity (Wildman–Crippen MR) is 86.4 cm³/mol. The molecular formula is C16H15F3N2O3S. The Labute approximate surface area is 145 Å². The van der Waals surface area contributed by atoms with E-state index in [-0.39, 0.29) is 30.1 Å². The molecule has 0 saturated heterocycles. The third kappa shape index (κ3) is 5.28. The predicted octanol–water partition coefficient (Wildman–Crippen LogP) is 3.81. The summed E-state index contributed by atoms with van der Waals surface area (Å²) >= 11 is 1.06. The van der Waals surface area contributed by atoms with Crippen LogP contribution in [0.2, 0.25) is 0 Å². The van der Waals surface area contributed by atoms with Crippen LogP contribution in [-0.4, -0.2) is 28.0 Å². The number of nitrogens with one attached hydrogen (secondary N) is 1. The zero-order chi connectivity index (χ0) is 18.6. The van der Waals surface area contributed by atoms with Crippen LogP contribution in [0.25, 0.3) is 10.6 Å². The van der Waals surface area contributed by atoms with E-state index in [1.165, 1.54) is 17.5 Å². The summed E-state index contributed by atoms with van der Waals surface area (Å²) in [6.07, 6.45) is -4.26. The average Bonchev–Trinajstić information content (AvgIpc) is 3.02. The lowest BCUT2D eigenvalue weighted by Gasteiger charge is -2.11. The lowest BCUT2D eigenvalue weighted by Crippen LogP contribution is -2.33. The number of carboxylic acids is 1. The van der Waals surface area contributed by atoms with Crippen molar-refractivity contribution in [3.8, 4) is 10.6 Å². The third-order valence-corrected chi connectivity index (χ3v) is 4.23. The van der Waals surface area contributed by atoms with Gasteiger partial charge in [0, 0.05) is 23.4 Å². The van der Waals surface area contributed by atoms with E-state index >= 15 is 0 Å². The fourth-order valence-corrected chi connectivity index (χ4v) is 2.85. The van der Waals surface area contributed by atoms with Gasteiger partial charge in [-0.05, 0) is 25.5 Å². The molecular weight excluding hydrogens is 357 g/mol. The van der Waals surface area contributed by atoms with Gasteiger partial charge >= 0.3 is 12.1 Å². The molecule has 0 saturated carbocycles. The highest BCUT2D eigenvalue weighted by atomic mass is 32.1. The third-order valence-electron chi connectivity index (χ3n) is 3.34. The molecule has 25 heavy (non-hydrogen) atoms. The number of carboxylic acid groups (broad SMARTS) is 1. The van der Waals surface area contributed by atoms with E-state index in [1.807, 2.05) is 0 Å². The highest BCUT2D eigenvalue weighted by molar-refractivity contribution is 7.13. The molecule has 0 aliphatic carbocycles. The van der Waals surface area contributed by atoms with Crippen LogP contribution in [0.5, 0.6) is 0 Å². The summed E-state index contributed by atoms with van der Waals surface area (Å²) in [5.41, 5.74) is -0.425. The van der Waals surface area contributed by atoms with E-state index in [1.54, 1.807) is 6.92 Å². The molecule has 9 heteroatoms. The Bertz CT molecular complexity index is 774. The molecule has 2 N–H and O–H groups in total. The monoisotopic (exact) mass is 372 g/mol. The van der Waals surface area contributed by atoms with Gasteiger partial charge in [-0.3, -0.25) is 9.59 Å². The lowest BCUT2D eigenvalue weighted by molar-refractivity contribution is -0.138. The van der Waals surface area contributed by atoms with Crippen LogP contribution in [0, 0.1) is 0 Å². The van der Waals surface area contributed by atoms with Gasteiger partial charge in [-0.1, -0.05) is 12.1 Å². The van der Waals surface area contributed by atoms with Gasteiger partial charge < -0.3 is 10.4 Å². The van der Waals surface area contributed by atoms with Crippen LogP contribution in [0.3, 0.4) is 0 Å².